The van der Waals surface area contributed by atoms with E-state index in [0.717, 1.165) is 30.1 Å². The van der Waals surface area contributed by atoms with Gasteiger partial charge in [-0.15, -0.1) is 0 Å². The second-order valence-electron chi connectivity index (χ2n) is 3.95. The zero-order chi connectivity index (χ0) is 12.5. The van der Waals surface area contributed by atoms with Crippen LogP contribution in [0.4, 0.5) is 0 Å². The number of rotatable bonds is 8. The molecule has 0 atom stereocenters. The van der Waals surface area contributed by atoms with Crippen LogP contribution < -0.4 is 9.47 Å². The van der Waals surface area contributed by atoms with Crippen LogP contribution in [-0.2, 0) is 11.3 Å². The average molecular weight is 238 g/mol. The second-order valence-corrected chi connectivity index (χ2v) is 3.95. The summed E-state index contributed by atoms with van der Waals surface area (Å²) in [5.74, 6) is 1.50. The highest BCUT2D eigenvalue weighted by Gasteiger charge is 2.04. The minimum Gasteiger partial charge on any atom is -0.493 e. The van der Waals surface area contributed by atoms with Crippen LogP contribution in [0.25, 0.3) is 0 Å². The lowest BCUT2D eigenvalue weighted by Gasteiger charge is -2.09. The first-order chi connectivity index (χ1) is 8.31. The summed E-state index contributed by atoms with van der Waals surface area (Å²) < 4.78 is 16.0. The van der Waals surface area contributed by atoms with Gasteiger partial charge in [0.1, 0.15) is 0 Å². The van der Waals surface area contributed by atoms with Crippen molar-refractivity contribution >= 4 is 0 Å². The molecule has 1 aromatic carbocycles. The van der Waals surface area contributed by atoms with Crippen LogP contribution in [0.1, 0.15) is 31.7 Å². The zero-order valence-electron chi connectivity index (χ0n) is 11.0. The summed E-state index contributed by atoms with van der Waals surface area (Å²) in [6.45, 7) is 3.64. The number of ether oxygens (including phenoxy) is 3. The Labute approximate surface area is 104 Å². The van der Waals surface area contributed by atoms with E-state index in [1.54, 1.807) is 14.2 Å². The Hall–Kier alpha value is -1.22. The lowest BCUT2D eigenvalue weighted by atomic mass is 10.2. The third-order valence-electron chi connectivity index (χ3n) is 2.61. The van der Waals surface area contributed by atoms with Gasteiger partial charge in [-0.3, -0.25) is 0 Å². The molecule has 0 aromatic heterocycles. The van der Waals surface area contributed by atoms with Crippen LogP contribution in [0.3, 0.4) is 0 Å². The SMILES string of the molecule is CCCCCOCc1ccc(OC)c(OC)c1. The molecule has 0 amide bonds. The molecule has 0 saturated carbocycles. The van der Waals surface area contributed by atoms with E-state index >= 15 is 0 Å². The second kappa shape index (κ2) is 7.96. The lowest BCUT2D eigenvalue weighted by Crippen LogP contribution is -1.97. The fraction of sp³-hybridized carbons (Fsp3) is 0.571. The van der Waals surface area contributed by atoms with Crippen molar-refractivity contribution in [3.05, 3.63) is 23.8 Å². The molecule has 0 heterocycles. The van der Waals surface area contributed by atoms with Crippen molar-refractivity contribution < 1.29 is 14.2 Å². The minimum absolute atomic E-state index is 0.629. The molecule has 96 valence electrons. The molecule has 0 spiro atoms. The molecule has 0 saturated heterocycles. The normalized spacial score (nSPS) is 10.3. The lowest BCUT2D eigenvalue weighted by molar-refractivity contribution is 0.117. The summed E-state index contributed by atoms with van der Waals surface area (Å²) in [5, 5.41) is 0. The molecule has 0 aliphatic carbocycles. The average Bonchev–Trinajstić information content (AvgIpc) is 2.38. The van der Waals surface area contributed by atoms with Gasteiger partial charge >= 0.3 is 0 Å². The highest BCUT2D eigenvalue weighted by atomic mass is 16.5. The van der Waals surface area contributed by atoms with E-state index in [9.17, 15) is 0 Å². The maximum Gasteiger partial charge on any atom is 0.161 e. The molecule has 0 fully saturated rings. The molecule has 0 bridgehead atoms. The van der Waals surface area contributed by atoms with Crippen molar-refractivity contribution in [2.24, 2.45) is 0 Å². The first-order valence-corrected chi connectivity index (χ1v) is 6.10. The van der Waals surface area contributed by atoms with E-state index in [-0.39, 0.29) is 0 Å². The first-order valence-electron chi connectivity index (χ1n) is 6.10. The quantitative estimate of drug-likeness (QED) is 0.649. The van der Waals surface area contributed by atoms with E-state index in [0.29, 0.717) is 6.61 Å². The van der Waals surface area contributed by atoms with E-state index < -0.39 is 0 Å². The molecule has 0 aliphatic heterocycles. The van der Waals surface area contributed by atoms with Gasteiger partial charge in [-0.25, -0.2) is 0 Å². The third kappa shape index (κ3) is 4.65. The van der Waals surface area contributed by atoms with Crippen LogP contribution >= 0.6 is 0 Å². The number of hydrogen-bond acceptors (Lipinski definition) is 3. The van der Waals surface area contributed by atoms with Crippen LogP contribution in [0.2, 0.25) is 0 Å². The van der Waals surface area contributed by atoms with Crippen molar-refractivity contribution in [2.75, 3.05) is 20.8 Å². The summed E-state index contributed by atoms with van der Waals surface area (Å²) >= 11 is 0. The number of unbranched alkanes of at least 4 members (excludes halogenated alkanes) is 2. The summed E-state index contributed by atoms with van der Waals surface area (Å²) in [7, 11) is 3.28. The molecule has 3 nitrogen and oxygen atoms in total. The molecule has 1 rings (SSSR count). The van der Waals surface area contributed by atoms with E-state index in [1.807, 2.05) is 18.2 Å². The Morgan fingerprint density at radius 3 is 2.41 bits per heavy atom. The fourth-order valence-corrected chi connectivity index (χ4v) is 1.61. The van der Waals surface area contributed by atoms with E-state index in [2.05, 4.69) is 6.92 Å². The van der Waals surface area contributed by atoms with Crippen molar-refractivity contribution in [1.82, 2.24) is 0 Å². The summed E-state index contributed by atoms with van der Waals surface area (Å²) in [4.78, 5) is 0. The van der Waals surface area contributed by atoms with Gasteiger partial charge in [0.15, 0.2) is 11.5 Å². The van der Waals surface area contributed by atoms with Gasteiger partial charge in [0.05, 0.1) is 20.8 Å². The fourth-order valence-electron chi connectivity index (χ4n) is 1.61. The first kappa shape index (κ1) is 13.8. The molecule has 0 aliphatic rings. The predicted octanol–water partition coefficient (Wildman–Crippen LogP) is 3.41. The number of methoxy groups -OCH3 is 2. The van der Waals surface area contributed by atoms with Crippen LogP contribution in [-0.4, -0.2) is 20.8 Å². The summed E-state index contributed by atoms with van der Waals surface area (Å²) in [6.07, 6.45) is 3.58. The van der Waals surface area contributed by atoms with E-state index in [1.165, 1.54) is 12.8 Å². The topological polar surface area (TPSA) is 27.7 Å². The standard InChI is InChI=1S/C14H22O3/c1-4-5-6-9-17-11-12-7-8-13(15-2)14(10-12)16-3/h7-8,10H,4-6,9,11H2,1-3H3. The van der Waals surface area contributed by atoms with Gasteiger partial charge in [0.25, 0.3) is 0 Å². The van der Waals surface area contributed by atoms with Gasteiger partial charge in [0.2, 0.25) is 0 Å². The smallest absolute Gasteiger partial charge is 0.161 e. The molecular formula is C14H22O3. The van der Waals surface area contributed by atoms with Gasteiger partial charge in [-0.05, 0) is 24.1 Å². The molecule has 17 heavy (non-hydrogen) atoms. The van der Waals surface area contributed by atoms with Gasteiger partial charge in [-0.1, -0.05) is 25.8 Å². The van der Waals surface area contributed by atoms with Crippen molar-refractivity contribution in [1.29, 1.82) is 0 Å². The highest BCUT2D eigenvalue weighted by molar-refractivity contribution is 5.42. The number of hydrogen-bond donors (Lipinski definition) is 0. The highest BCUT2D eigenvalue weighted by Crippen LogP contribution is 2.27. The third-order valence-corrected chi connectivity index (χ3v) is 2.61. The predicted molar refractivity (Wildman–Crippen MR) is 68.7 cm³/mol. The Morgan fingerprint density at radius 1 is 1.00 bits per heavy atom. The molecule has 0 radical (unpaired) electrons. The van der Waals surface area contributed by atoms with Crippen molar-refractivity contribution in [3.63, 3.8) is 0 Å². The molecule has 1 aromatic rings. The molecule has 3 heteroatoms. The maximum atomic E-state index is 5.60. The summed E-state index contributed by atoms with van der Waals surface area (Å²) in [5.41, 5.74) is 1.11. The Bertz CT molecular complexity index is 323. The zero-order valence-corrected chi connectivity index (χ0v) is 11.0. The van der Waals surface area contributed by atoms with E-state index in [4.69, 9.17) is 14.2 Å². The molecule has 0 N–H and O–H groups in total. The monoisotopic (exact) mass is 238 g/mol. The maximum absolute atomic E-state index is 5.60. The van der Waals surface area contributed by atoms with Gasteiger partial charge in [0, 0.05) is 6.61 Å². The van der Waals surface area contributed by atoms with Crippen LogP contribution in [0.15, 0.2) is 18.2 Å². The van der Waals surface area contributed by atoms with Crippen LogP contribution in [0.5, 0.6) is 11.5 Å². The van der Waals surface area contributed by atoms with Crippen LogP contribution in [0, 0.1) is 0 Å². The largest absolute Gasteiger partial charge is 0.493 e. The van der Waals surface area contributed by atoms with Gasteiger partial charge in [-0.2, -0.15) is 0 Å². The minimum atomic E-state index is 0.629. The molecular weight excluding hydrogens is 216 g/mol. The molecule has 0 unspecified atom stereocenters. The number of benzene rings is 1. The summed E-state index contributed by atoms with van der Waals surface area (Å²) in [6, 6.07) is 5.86. The van der Waals surface area contributed by atoms with Gasteiger partial charge < -0.3 is 14.2 Å². The van der Waals surface area contributed by atoms with Crippen molar-refractivity contribution in [2.45, 2.75) is 32.8 Å². The Morgan fingerprint density at radius 2 is 1.76 bits per heavy atom. The Balaban J connectivity index is 2.43. The Kier molecular flexibility index (Phi) is 6.48. The van der Waals surface area contributed by atoms with Crippen molar-refractivity contribution in [3.8, 4) is 11.5 Å².